The number of Topliss-reactive ketones (excluding diaryl/α,β-unsaturated/α-hetero) is 2. The van der Waals surface area contributed by atoms with Crippen molar-refractivity contribution in [3.8, 4) is 0 Å². The van der Waals surface area contributed by atoms with E-state index < -0.39 is 0 Å². The summed E-state index contributed by atoms with van der Waals surface area (Å²) in [7, 11) is 0. The fourth-order valence-electron chi connectivity index (χ4n) is 7.46. The first-order chi connectivity index (χ1) is 33.2. The number of rotatable bonds is 9. The van der Waals surface area contributed by atoms with Crippen molar-refractivity contribution in [3.05, 3.63) is 153 Å². The van der Waals surface area contributed by atoms with Crippen LogP contribution in [0.25, 0.3) is 53.6 Å². The lowest BCUT2D eigenvalue weighted by molar-refractivity contribution is -0.117. The van der Waals surface area contributed by atoms with Crippen molar-refractivity contribution in [2.75, 3.05) is 0 Å². The van der Waals surface area contributed by atoms with Crippen LogP contribution >= 0.6 is 22.7 Å². The third kappa shape index (κ3) is 14.6. The number of fused-ring (bicyclic) bond motifs is 5. The van der Waals surface area contributed by atoms with E-state index in [-0.39, 0.29) is 18.0 Å². The fourth-order valence-corrected chi connectivity index (χ4v) is 9.35. The van der Waals surface area contributed by atoms with Gasteiger partial charge in [0, 0.05) is 12.3 Å². The van der Waals surface area contributed by atoms with Crippen LogP contribution in [0, 0.1) is 13.8 Å². The number of furan rings is 1. The number of aryl methyl sites for hydroxylation is 2. The van der Waals surface area contributed by atoms with Crippen molar-refractivity contribution < 1.29 is 22.8 Å². The molecular formula is C59H68N4O5S2. The summed E-state index contributed by atoms with van der Waals surface area (Å²) in [5.41, 5.74) is 13.1. The first-order valence-electron chi connectivity index (χ1n) is 24.2. The zero-order valence-electron chi connectivity index (χ0n) is 43.3. The molecule has 10 aromatic rings. The Bertz CT molecular complexity index is 3140. The highest BCUT2D eigenvalue weighted by Gasteiger charge is 2.11. The Morgan fingerprint density at radius 1 is 0.471 bits per heavy atom. The predicted octanol–water partition coefficient (Wildman–Crippen LogP) is 17.2. The van der Waals surface area contributed by atoms with Gasteiger partial charge in [-0.25, -0.2) is 19.9 Å². The van der Waals surface area contributed by atoms with Crippen molar-refractivity contribution in [1.29, 1.82) is 0 Å². The largest absolute Gasteiger partial charge is 0.464 e. The van der Waals surface area contributed by atoms with Crippen molar-refractivity contribution in [3.63, 3.8) is 0 Å². The summed E-state index contributed by atoms with van der Waals surface area (Å²) in [6.07, 6.45) is 2.46. The summed E-state index contributed by atoms with van der Waals surface area (Å²) in [5.74, 6) is 4.18. The molecule has 0 unspecified atom stereocenters. The van der Waals surface area contributed by atoms with E-state index in [9.17, 15) is 9.59 Å². The van der Waals surface area contributed by atoms with Crippen LogP contribution in [0.15, 0.2) is 117 Å². The van der Waals surface area contributed by atoms with Crippen LogP contribution in [0.4, 0.5) is 0 Å². The minimum Gasteiger partial charge on any atom is -0.464 e. The zero-order valence-corrected chi connectivity index (χ0v) is 44.9. The van der Waals surface area contributed by atoms with Gasteiger partial charge >= 0.3 is 0 Å². The normalized spacial score (nSPS) is 11.3. The van der Waals surface area contributed by atoms with Crippen molar-refractivity contribution in [1.82, 2.24) is 19.9 Å². The lowest BCUT2D eigenvalue weighted by Crippen LogP contribution is -1.95. The first kappa shape index (κ1) is 53.1. The second-order valence-electron chi connectivity index (χ2n) is 19.3. The Morgan fingerprint density at radius 2 is 1.01 bits per heavy atom. The smallest absolute Gasteiger partial charge is 0.202 e. The van der Waals surface area contributed by atoms with Crippen molar-refractivity contribution in [2.24, 2.45) is 0 Å². The van der Waals surface area contributed by atoms with E-state index in [4.69, 9.17) is 13.3 Å². The van der Waals surface area contributed by atoms with E-state index in [1.54, 1.807) is 35.9 Å². The van der Waals surface area contributed by atoms with Crippen molar-refractivity contribution in [2.45, 2.75) is 139 Å². The molecule has 70 heavy (non-hydrogen) atoms. The molecule has 0 atom stereocenters. The van der Waals surface area contributed by atoms with Gasteiger partial charge in [-0.15, -0.1) is 22.7 Å². The highest BCUT2D eigenvalue weighted by Crippen LogP contribution is 2.28. The average Bonchev–Trinajstić information content (AvgIpc) is 4.14. The predicted molar refractivity (Wildman–Crippen MR) is 292 cm³/mol. The van der Waals surface area contributed by atoms with Gasteiger partial charge in [-0.2, -0.15) is 0 Å². The summed E-state index contributed by atoms with van der Waals surface area (Å²) in [6.45, 7) is 28.8. The molecule has 0 saturated heterocycles. The molecule has 10 rings (SSSR count). The Balaban J connectivity index is 0.000000144. The lowest BCUT2D eigenvalue weighted by Gasteiger charge is -2.03. The van der Waals surface area contributed by atoms with Gasteiger partial charge in [-0.1, -0.05) is 99.6 Å². The second-order valence-corrected chi connectivity index (χ2v) is 21.7. The van der Waals surface area contributed by atoms with E-state index >= 15 is 0 Å². The maximum atomic E-state index is 11.0. The molecule has 0 aliphatic carbocycles. The SMILES string of the molecule is CC(=O)Cc1nc2cc(C(C)C)ccc2o1.CC(=O)Cc1nc2cc(C(C)C)ccc2s1.CC(C)c1ccc2occc2c1.Cc1nc2ccc(C(C)C)cc2o1.Cc1nc2ccc(C(C)C)cc2s1. The van der Waals surface area contributed by atoms with Crippen molar-refractivity contribution >= 4 is 87.8 Å². The van der Waals surface area contributed by atoms with E-state index in [1.165, 1.54) is 49.5 Å². The van der Waals surface area contributed by atoms with Crippen LogP contribution in [0.3, 0.4) is 0 Å². The third-order valence-corrected chi connectivity index (χ3v) is 13.5. The van der Waals surface area contributed by atoms with Crippen LogP contribution in [-0.4, -0.2) is 31.5 Å². The average molecular weight is 977 g/mol. The minimum atomic E-state index is 0.0654. The number of benzene rings is 5. The molecule has 5 aromatic heterocycles. The highest BCUT2D eigenvalue weighted by molar-refractivity contribution is 7.18. The summed E-state index contributed by atoms with van der Waals surface area (Å²) >= 11 is 3.39. The maximum Gasteiger partial charge on any atom is 0.202 e. The maximum absolute atomic E-state index is 11.0. The number of oxazole rings is 2. The van der Waals surface area contributed by atoms with Crippen LogP contribution in [0.1, 0.15) is 162 Å². The highest BCUT2D eigenvalue weighted by atomic mass is 32.1. The lowest BCUT2D eigenvalue weighted by atomic mass is 10.0. The number of hydrogen-bond donors (Lipinski definition) is 0. The molecule has 0 spiro atoms. The fraction of sp³-hybridized carbons (Fsp3) is 0.356. The number of hydrogen-bond acceptors (Lipinski definition) is 11. The number of carbonyl (C=O) groups is 2. The molecule has 0 saturated carbocycles. The second kappa shape index (κ2) is 24.0. The van der Waals surface area contributed by atoms with Crippen LogP contribution in [0.2, 0.25) is 0 Å². The monoisotopic (exact) mass is 976 g/mol. The molecule has 0 bridgehead atoms. The molecule has 5 aromatic carbocycles. The summed E-state index contributed by atoms with van der Waals surface area (Å²) in [4.78, 5) is 39.5. The Kier molecular flexibility index (Phi) is 18.2. The number of thiazole rings is 2. The summed E-state index contributed by atoms with van der Waals surface area (Å²) in [6, 6.07) is 33.4. The molecule has 0 aliphatic heterocycles. The Labute approximate surface area is 420 Å². The molecule has 0 N–H and O–H groups in total. The summed E-state index contributed by atoms with van der Waals surface area (Å²) in [5, 5.41) is 3.26. The Hall–Kier alpha value is -6.30. The summed E-state index contributed by atoms with van der Waals surface area (Å²) < 4.78 is 18.7. The molecule has 0 aliphatic rings. The molecule has 0 fully saturated rings. The van der Waals surface area contributed by atoms with Gasteiger partial charge in [0.05, 0.1) is 44.5 Å². The number of ketones is 2. The molecule has 0 radical (unpaired) electrons. The molecule has 5 heterocycles. The minimum absolute atomic E-state index is 0.0654. The topological polar surface area (TPSA) is 125 Å². The van der Waals surface area contributed by atoms with Crippen LogP contribution in [0.5, 0.6) is 0 Å². The van der Waals surface area contributed by atoms with Gasteiger partial charge < -0.3 is 13.3 Å². The van der Waals surface area contributed by atoms with E-state index in [1.807, 2.05) is 43.3 Å². The number of carbonyl (C=O) groups excluding carboxylic acids is 2. The van der Waals surface area contributed by atoms with Gasteiger partial charge in [0.1, 0.15) is 33.2 Å². The Morgan fingerprint density at radius 3 is 1.64 bits per heavy atom. The first-order valence-corrected chi connectivity index (χ1v) is 25.8. The van der Waals surface area contributed by atoms with Gasteiger partial charge in [0.25, 0.3) is 0 Å². The van der Waals surface area contributed by atoms with E-state index in [0.29, 0.717) is 41.9 Å². The molecule has 9 nitrogen and oxygen atoms in total. The molecule has 11 heteroatoms. The third-order valence-electron chi connectivity index (χ3n) is 11.6. The van der Waals surface area contributed by atoms with E-state index in [2.05, 4.69) is 157 Å². The van der Waals surface area contributed by atoms with Gasteiger partial charge in [-0.05, 0) is 145 Å². The molecule has 366 valence electrons. The quantitative estimate of drug-likeness (QED) is 0.139. The number of aromatic nitrogens is 4. The van der Waals surface area contributed by atoms with Crippen LogP contribution < -0.4 is 0 Å². The standard InChI is InChI=1S/C13H15NO2.C13H15NOS.C11H13NO.C11H13NS.C11H12O/c2*1-8(2)10-4-5-12-11(7-10)14-13(16-12)6-9(3)15;2*1-7(2)9-4-5-10-11(6-9)13-8(3)12-10;1-8(2)9-3-4-11-10(7-9)5-6-12-11/h2*4-5,7-8H,6H2,1-3H3;2*4-7H,1-3H3;3-8H,1-2H3. The molecule has 0 amide bonds. The van der Waals surface area contributed by atoms with Gasteiger partial charge in [-0.3, -0.25) is 9.59 Å². The van der Waals surface area contributed by atoms with Crippen LogP contribution in [-0.2, 0) is 22.4 Å². The zero-order chi connectivity index (χ0) is 50.8. The van der Waals surface area contributed by atoms with Gasteiger partial charge in [0.15, 0.2) is 17.1 Å². The molecular weight excluding hydrogens is 909 g/mol. The number of nitrogens with zero attached hydrogens (tertiary/aromatic N) is 4. The van der Waals surface area contributed by atoms with E-state index in [0.717, 1.165) is 54.7 Å². The van der Waals surface area contributed by atoms with Gasteiger partial charge in [0.2, 0.25) is 5.89 Å².